The quantitative estimate of drug-likeness (QED) is 0.790. The Hall–Kier alpha value is -2.62. The number of hydrogen-bond donors (Lipinski definition) is 1. The normalized spacial score (nSPS) is 10.2. The molecular weight excluding hydrogens is 280 g/mol. The van der Waals surface area contributed by atoms with Gasteiger partial charge in [0.1, 0.15) is 5.75 Å². The number of carboxylic acids is 1. The van der Waals surface area contributed by atoms with E-state index in [2.05, 4.69) is 0 Å². The van der Waals surface area contributed by atoms with Crippen molar-refractivity contribution in [1.29, 1.82) is 0 Å². The molecule has 4 heteroatoms. The van der Waals surface area contributed by atoms with E-state index in [1.54, 1.807) is 6.07 Å². The summed E-state index contributed by atoms with van der Waals surface area (Å²) in [5.41, 5.74) is 2.32. The zero-order chi connectivity index (χ0) is 15.9. The van der Waals surface area contributed by atoms with Crippen molar-refractivity contribution in [2.45, 2.75) is 19.3 Å². The number of ketones is 1. The topological polar surface area (TPSA) is 63.6 Å². The van der Waals surface area contributed by atoms with Crippen molar-refractivity contribution in [1.82, 2.24) is 0 Å². The Labute approximate surface area is 129 Å². The van der Waals surface area contributed by atoms with Crippen LogP contribution in [0.5, 0.6) is 5.75 Å². The van der Waals surface area contributed by atoms with Gasteiger partial charge in [0.15, 0.2) is 5.78 Å². The first-order valence-corrected chi connectivity index (χ1v) is 7.11. The number of para-hydroxylation sites is 1. The van der Waals surface area contributed by atoms with Crippen LogP contribution in [0.2, 0.25) is 0 Å². The summed E-state index contributed by atoms with van der Waals surface area (Å²) in [5, 5.41) is 8.65. The maximum atomic E-state index is 12.3. The maximum Gasteiger partial charge on any atom is 0.303 e. The van der Waals surface area contributed by atoms with Crippen LogP contribution in [0.1, 0.15) is 29.6 Å². The minimum absolute atomic E-state index is 0.00751. The van der Waals surface area contributed by atoms with Gasteiger partial charge in [-0.1, -0.05) is 42.5 Å². The summed E-state index contributed by atoms with van der Waals surface area (Å²) in [4.78, 5) is 22.9. The standard InChI is InChI=1S/C18H18O4/c1-22-18-14(13-7-3-2-4-8-13)9-5-10-15(18)16(19)11-6-12-17(20)21/h2-5,7-10H,6,11-12H2,1H3,(H,20,21). The molecule has 0 heterocycles. The second-order valence-electron chi connectivity index (χ2n) is 4.92. The van der Waals surface area contributed by atoms with Crippen molar-refractivity contribution in [2.75, 3.05) is 7.11 Å². The molecule has 4 nitrogen and oxygen atoms in total. The van der Waals surface area contributed by atoms with Crippen molar-refractivity contribution in [3.63, 3.8) is 0 Å². The molecule has 0 aromatic heterocycles. The first-order chi connectivity index (χ1) is 10.6. The van der Waals surface area contributed by atoms with Gasteiger partial charge in [-0.25, -0.2) is 0 Å². The molecule has 2 aromatic rings. The predicted molar refractivity (Wildman–Crippen MR) is 84.2 cm³/mol. The number of methoxy groups -OCH3 is 1. The van der Waals surface area contributed by atoms with E-state index < -0.39 is 5.97 Å². The summed E-state index contributed by atoms with van der Waals surface area (Å²) in [6.45, 7) is 0. The Bertz CT molecular complexity index is 662. The number of carbonyl (C=O) groups is 2. The summed E-state index contributed by atoms with van der Waals surface area (Å²) in [6.07, 6.45) is 0.514. The minimum Gasteiger partial charge on any atom is -0.495 e. The third kappa shape index (κ3) is 3.73. The van der Waals surface area contributed by atoms with Gasteiger partial charge in [-0.05, 0) is 18.1 Å². The van der Waals surface area contributed by atoms with E-state index in [0.717, 1.165) is 11.1 Å². The number of ether oxygens (including phenoxy) is 1. The van der Waals surface area contributed by atoms with Crippen molar-refractivity contribution < 1.29 is 19.4 Å². The molecule has 2 rings (SSSR count). The number of carboxylic acid groups (broad SMARTS) is 1. The first-order valence-electron chi connectivity index (χ1n) is 7.11. The molecular formula is C18H18O4. The maximum absolute atomic E-state index is 12.3. The van der Waals surface area contributed by atoms with Gasteiger partial charge < -0.3 is 9.84 Å². The molecule has 1 N–H and O–H groups in total. The smallest absolute Gasteiger partial charge is 0.303 e. The third-order valence-corrected chi connectivity index (χ3v) is 3.40. The molecule has 2 aromatic carbocycles. The highest BCUT2D eigenvalue weighted by Crippen LogP contribution is 2.33. The van der Waals surface area contributed by atoms with E-state index in [-0.39, 0.29) is 18.6 Å². The Morgan fingerprint density at radius 2 is 1.73 bits per heavy atom. The minimum atomic E-state index is -0.891. The lowest BCUT2D eigenvalue weighted by molar-refractivity contribution is -0.137. The van der Waals surface area contributed by atoms with Crippen molar-refractivity contribution >= 4 is 11.8 Å². The fourth-order valence-corrected chi connectivity index (χ4v) is 2.36. The van der Waals surface area contributed by atoms with E-state index in [0.29, 0.717) is 17.7 Å². The summed E-state index contributed by atoms with van der Waals surface area (Å²) in [7, 11) is 1.54. The van der Waals surface area contributed by atoms with Crippen LogP contribution in [0.3, 0.4) is 0 Å². The van der Waals surface area contributed by atoms with E-state index >= 15 is 0 Å². The zero-order valence-corrected chi connectivity index (χ0v) is 12.4. The average Bonchev–Trinajstić information content (AvgIpc) is 2.54. The fraction of sp³-hybridized carbons (Fsp3) is 0.222. The van der Waals surface area contributed by atoms with Crippen LogP contribution >= 0.6 is 0 Å². The summed E-state index contributed by atoms with van der Waals surface area (Å²) in [5.74, 6) is -0.456. The molecule has 0 saturated heterocycles. The molecule has 0 unspecified atom stereocenters. The molecule has 0 atom stereocenters. The molecule has 0 amide bonds. The van der Waals surface area contributed by atoms with Crippen LogP contribution in [-0.2, 0) is 4.79 Å². The highest BCUT2D eigenvalue weighted by atomic mass is 16.5. The first kappa shape index (κ1) is 15.8. The van der Waals surface area contributed by atoms with Crippen LogP contribution in [0.15, 0.2) is 48.5 Å². The molecule has 0 fully saturated rings. The molecule has 0 radical (unpaired) electrons. The number of rotatable bonds is 7. The van der Waals surface area contributed by atoms with Gasteiger partial charge in [0.05, 0.1) is 12.7 Å². The van der Waals surface area contributed by atoms with Crippen LogP contribution in [0.4, 0.5) is 0 Å². The Balaban J connectivity index is 2.29. The highest BCUT2D eigenvalue weighted by Gasteiger charge is 2.16. The van der Waals surface area contributed by atoms with Crippen LogP contribution in [-0.4, -0.2) is 24.0 Å². The molecule has 0 saturated carbocycles. The lowest BCUT2D eigenvalue weighted by Gasteiger charge is -2.13. The van der Waals surface area contributed by atoms with Crippen molar-refractivity contribution in [2.24, 2.45) is 0 Å². The van der Waals surface area contributed by atoms with Gasteiger partial charge in [0, 0.05) is 18.4 Å². The lowest BCUT2D eigenvalue weighted by atomic mass is 9.97. The SMILES string of the molecule is COc1c(C(=O)CCCC(=O)O)cccc1-c1ccccc1. The second-order valence-corrected chi connectivity index (χ2v) is 4.92. The van der Waals surface area contributed by atoms with Gasteiger partial charge in [0.2, 0.25) is 0 Å². The zero-order valence-electron chi connectivity index (χ0n) is 12.4. The van der Waals surface area contributed by atoms with E-state index in [1.807, 2.05) is 42.5 Å². The second kappa shape index (κ2) is 7.41. The average molecular weight is 298 g/mol. The summed E-state index contributed by atoms with van der Waals surface area (Å²) < 4.78 is 5.44. The van der Waals surface area contributed by atoms with Crippen LogP contribution in [0, 0.1) is 0 Å². The molecule has 22 heavy (non-hydrogen) atoms. The van der Waals surface area contributed by atoms with E-state index in [1.165, 1.54) is 7.11 Å². The van der Waals surface area contributed by atoms with Gasteiger partial charge in [-0.15, -0.1) is 0 Å². The number of hydrogen-bond acceptors (Lipinski definition) is 3. The van der Waals surface area contributed by atoms with Crippen molar-refractivity contribution in [3.05, 3.63) is 54.1 Å². The van der Waals surface area contributed by atoms with Gasteiger partial charge in [-0.3, -0.25) is 9.59 Å². The number of Topliss-reactive ketones (excluding diaryl/α,β-unsaturated/α-hetero) is 1. The van der Waals surface area contributed by atoms with Gasteiger partial charge in [-0.2, -0.15) is 0 Å². The molecule has 0 spiro atoms. The third-order valence-electron chi connectivity index (χ3n) is 3.40. The van der Waals surface area contributed by atoms with E-state index in [9.17, 15) is 9.59 Å². The molecule has 0 aliphatic carbocycles. The summed E-state index contributed by atoms with van der Waals surface area (Å²) in [6, 6.07) is 15.1. The number of aliphatic carboxylic acids is 1. The Morgan fingerprint density at radius 3 is 2.36 bits per heavy atom. The van der Waals surface area contributed by atoms with Crippen molar-refractivity contribution in [3.8, 4) is 16.9 Å². The highest BCUT2D eigenvalue weighted by molar-refractivity contribution is 6.01. The molecule has 114 valence electrons. The lowest BCUT2D eigenvalue weighted by Crippen LogP contribution is -2.05. The van der Waals surface area contributed by atoms with E-state index in [4.69, 9.17) is 9.84 Å². The van der Waals surface area contributed by atoms with Gasteiger partial charge in [0.25, 0.3) is 0 Å². The fourth-order valence-electron chi connectivity index (χ4n) is 2.36. The Kier molecular flexibility index (Phi) is 5.31. The predicted octanol–water partition coefficient (Wildman–Crippen LogP) is 3.80. The van der Waals surface area contributed by atoms with Crippen LogP contribution < -0.4 is 4.74 Å². The van der Waals surface area contributed by atoms with Gasteiger partial charge >= 0.3 is 5.97 Å². The number of carbonyl (C=O) groups excluding carboxylic acids is 1. The largest absolute Gasteiger partial charge is 0.495 e. The monoisotopic (exact) mass is 298 g/mol. The summed E-state index contributed by atoms with van der Waals surface area (Å²) >= 11 is 0. The molecule has 0 aliphatic heterocycles. The molecule has 0 aliphatic rings. The molecule has 0 bridgehead atoms. The van der Waals surface area contributed by atoms with Crippen LogP contribution in [0.25, 0.3) is 11.1 Å². The Morgan fingerprint density at radius 1 is 1.00 bits per heavy atom. The number of benzene rings is 2.